The van der Waals surface area contributed by atoms with E-state index < -0.39 is 6.29 Å². The highest BCUT2D eigenvalue weighted by atomic mass is 16.5. The van der Waals surface area contributed by atoms with Crippen LogP contribution in [0.2, 0.25) is 0 Å². The first-order valence-electron chi connectivity index (χ1n) is 2.83. The molecule has 0 heterocycles. The molecule has 4 N–H and O–H groups in total. The molecule has 0 atom stereocenters. The van der Waals surface area contributed by atoms with Gasteiger partial charge in [-0.1, -0.05) is 0 Å². The van der Waals surface area contributed by atoms with Crippen molar-refractivity contribution >= 4 is 0 Å². The number of hydrogen-bond acceptors (Lipinski definition) is 3. The molecule has 0 aliphatic carbocycles. The third-order valence-corrected chi connectivity index (χ3v) is 0.916. The van der Waals surface area contributed by atoms with Crippen LogP contribution in [0.5, 0.6) is 0 Å². The minimum absolute atomic E-state index is 0.442. The summed E-state index contributed by atoms with van der Waals surface area (Å²) >= 11 is 0. The van der Waals surface area contributed by atoms with Gasteiger partial charge in [-0.15, -0.1) is 0 Å². The number of hydrogen-bond donors (Lipinski definition) is 3. The van der Waals surface area contributed by atoms with Crippen LogP contribution >= 0.6 is 0 Å². The summed E-state index contributed by atoms with van der Waals surface area (Å²) in [4.78, 5) is 0. The second-order valence-corrected chi connectivity index (χ2v) is 1.77. The first-order valence-corrected chi connectivity index (χ1v) is 2.83. The van der Waals surface area contributed by atoms with Gasteiger partial charge in [-0.05, 0) is 25.8 Å². The zero-order chi connectivity index (χ0) is 6.41. The Bertz CT molecular complexity index is 47.7. The molecule has 0 fully saturated rings. The summed E-state index contributed by atoms with van der Waals surface area (Å²) in [5, 5.41) is 16.6. The maximum absolute atomic E-state index is 8.29. The van der Waals surface area contributed by atoms with Gasteiger partial charge in [-0.2, -0.15) is 0 Å². The van der Waals surface area contributed by atoms with Gasteiger partial charge >= 0.3 is 0 Å². The molecular formula is C5H13NO2. The SMILES string of the molecule is NCCCCC(O)O. The predicted octanol–water partition coefficient (Wildman–Crippen LogP) is -0.574. The second kappa shape index (κ2) is 5.03. The zero-order valence-corrected chi connectivity index (χ0v) is 4.88. The topological polar surface area (TPSA) is 66.5 Å². The summed E-state index contributed by atoms with van der Waals surface area (Å²) in [6.07, 6.45) is 0.963. The van der Waals surface area contributed by atoms with Crippen molar-refractivity contribution in [2.75, 3.05) is 6.54 Å². The molecule has 50 valence electrons. The maximum Gasteiger partial charge on any atom is 0.151 e. The van der Waals surface area contributed by atoms with E-state index in [2.05, 4.69) is 0 Å². The Kier molecular flexibility index (Phi) is 4.95. The van der Waals surface area contributed by atoms with Crippen LogP contribution in [-0.4, -0.2) is 23.0 Å². The van der Waals surface area contributed by atoms with Gasteiger partial charge in [-0.3, -0.25) is 0 Å². The van der Waals surface area contributed by atoms with Crippen molar-refractivity contribution in [3.8, 4) is 0 Å². The lowest BCUT2D eigenvalue weighted by molar-refractivity contribution is -0.0464. The monoisotopic (exact) mass is 119 g/mol. The van der Waals surface area contributed by atoms with E-state index in [0.717, 1.165) is 12.8 Å². The van der Waals surface area contributed by atoms with E-state index in [-0.39, 0.29) is 0 Å². The van der Waals surface area contributed by atoms with Crippen molar-refractivity contribution < 1.29 is 10.2 Å². The standard InChI is InChI=1S/C5H13NO2/c6-4-2-1-3-5(7)8/h5,7-8H,1-4,6H2. The van der Waals surface area contributed by atoms with Gasteiger partial charge in [0.25, 0.3) is 0 Å². The highest BCUT2D eigenvalue weighted by Gasteiger charge is 1.93. The summed E-state index contributed by atoms with van der Waals surface area (Å²) < 4.78 is 0. The van der Waals surface area contributed by atoms with E-state index in [1.54, 1.807) is 0 Å². The van der Waals surface area contributed by atoms with E-state index in [1.165, 1.54) is 0 Å². The largest absolute Gasteiger partial charge is 0.368 e. The summed E-state index contributed by atoms with van der Waals surface area (Å²) in [6, 6.07) is 0. The Hall–Kier alpha value is -0.120. The summed E-state index contributed by atoms with van der Waals surface area (Å²) in [5.74, 6) is 0. The fourth-order valence-electron chi connectivity index (χ4n) is 0.471. The van der Waals surface area contributed by atoms with E-state index >= 15 is 0 Å². The lowest BCUT2D eigenvalue weighted by atomic mass is 10.2. The third kappa shape index (κ3) is 5.88. The predicted molar refractivity (Wildman–Crippen MR) is 31.1 cm³/mol. The average Bonchev–Trinajstić information content (AvgIpc) is 1.66. The minimum Gasteiger partial charge on any atom is -0.368 e. The number of nitrogens with two attached hydrogens (primary N) is 1. The smallest absolute Gasteiger partial charge is 0.151 e. The fourth-order valence-corrected chi connectivity index (χ4v) is 0.471. The molecule has 0 aromatic heterocycles. The molecule has 0 rings (SSSR count). The number of rotatable bonds is 4. The van der Waals surface area contributed by atoms with Gasteiger partial charge in [-0.25, -0.2) is 0 Å². The number of unbranched alkanes of at least 4 members (excludes halogenated alkanes) is 1. The van der Waals surface area contributed by atoms with Crippen molar-refractivity contribution in [1.82, 2.24) is 0 Å². The lowest BCUT2D eigenvalue weighted by Gasteiger charge is -1.99. The molecule has 0 saturated carbocycles. The molecule has 0 amide bonds. The van der Waals surface area contributed by atoms with Gasteiger partial charge in [0.05, 0.1) is 0 Å². The molecule has 0 unspecified atom stereocenters. The van der Waals surface area contributed by atoms with Gasteiger partial charge in [0.15, 0.2) is 6.29 Å². The number of aliphatic hydroxyl groups is 2. The molecular weight excluding hydrogens is 106 g/mol. The highest BCUT2D eigenvalue weighted by molar-refractivity contribution is 4.42. The summed E-state index contributed by atoms with van der Waals surface area (Å²) in [5.41, 5.74) is 5.15. The Morgan fingerprint density at radius 3 is 2.25 bits per heavy atom. The Labute approximate surface area is 49.1 Å². The van der Waals surface area contributed by atoms with Crippen molar-refractivity contribution in [3.05, 3.63) is 0 Å². The van der Waals surface area contributed by atoms with E-state index in [1.807, 2.05) is 0 Å². The lowest BCUT2D eigenvalue weighted by Crippen LogP contribution is -2.05. The van der Waals surface area contributed by atoms with Crippen LogP contribution in [0.1, 0.15) is 19.3 Å². The van der Waals surface area contributed by atoms with Crippen LogP contribution in [0.15, 0.2) is 0 Å². The van der Waals surface area contributed by atoms with Crippen molar-refractivity contribution in [3.63, 3.8) is 0 Å². The molecule has 0 radical (unpaired) electrons. The summed E-state index contributed by atoms with van der Waals surface area (Å²) in [7, 11) is 0. The molecule has 0 aliphatic rings. The first kappa shape index (κ1) is 7.88. The normalized spacial score (nSPS) is 10.5. The molecule has 3 nitrogen and oxygen atoms in total. The zero-order valence-electron chi connectivity index (χ0n) is 4.88. The van der Waals surface area contributed by atoms with Crippen LogP contribution in [0.25, 0.3) is 0 Å². The minimum atomic E-state index is -1.15. The van der Waals surface area contributed by atoms with E-state index in [9.17, 15) is 0 Å². The van der Waals surface area contributed by atoms with Crippen molar-refractivity contribution in [2.45, 2.75) is 25.6 Å². The van der Waals surface area contributed by atoms with E-state index in [4.69, 9.17) is 15.9 Å². The van der Waals surface area contributed by atoms with Gasteiger partial charge in [0.1, 0.15) is 0 Å². The van der Waals surface area contributed by atoms with Crippen LogP contribution in [0.4, 0.5) is 0 Å². The van der Waals surface area contributed by atoms with Gasteiger partial charge in [0, 0.05) is 0 Å². The fraction of sp³-hybridized carbons (Fsp3) is 1.00. The molecule has 0 bridgehead atoms. The molecule has 8 heavy (non-hydrogen) atoms. The van der Waals surface area contributed by atoms with Gasteiger partial charge in [0.2, 0.25) is 0 Å². The summed E-state index contributed by atoms with van der Waals surface area (Å²) in [6.45, 7) is 0.632. The van der Waals surface area contributed by atoms with Crippen LogP contribution in [0.3, 0.4) is 0 Å². The molecule has 0 spiro atoms. The third-order valence-electron chi connectivity index (χ3n) is 0.916. The van der Waals surface area contributed by atoms with Crippen molar-refractivity contribution in [1.29, 1.82) is 0 Å². The van der Waals surface area contributed by atoms with Crippen LogP contribution in [0, 0.1) is 0 Å². The number of aliphatic hydroxyl groups excluding tert-OH is 1. The second-order valence-electron chi connectivity index (χ2n) is 1.77. The Balaban J connectivity index is 2.72. The molecule has 0 aromatic carbocycles. The Morgan fingerprint density at radius 2 is 1.88 bits per heavy atom. The maximum atomic E-state index is 8.29. The average molecular weight is 119 g/mol. The van der Waals surface area contributed by atoms with Gasteiger partial charge < -0.3 is 15.9 Å². The quantitative estimate of drug-likeness (QED) is 0.343. The van der Waals surface area contributed by atoms with Crippen LogP contribution < -0.4 is 5.73 Å². The molecule has 0 aliphatic heterocycles. The van der Waals surface area contributed by atoms with Crippen LogP contribution in [-0.2, 0) is 0 Å². The van der Waals surface area contributed by atoms with E-state index in [0.29, 0.717) is 13.0 Å². The molecule has 0 saturated heterocycles. The van der Waals surface area contributed by atoms with Crippen molar-refractivity contribution in [2.24, 2.45) is 5.73 Å². The molecule has 0 aromatic rings. The highest BCUT2D eigenvalue weighted by Crippen LogP contribution is 1.95. The first-order chi connectivity index (χ1) is 3.77. The molecule has 3 heteroatoms. The Morgan fingerprint density at radius 1 is 1.25 bits per heavy atom.